The highest BCUT2D eigenvalue weighted by atomic mass is 16.4. The minimum absolute atomic E-state index is 0.187. The van der Waals surface area contributed by atoms with Gasteiger partial charge in [0.1, 0.15) is 5.54 Å². The van der Waals surface area contributed by atoms with E-state index in [0.29, 0.717) is 24.1 Å². The van der Waals surface area contributed by atoms with Gasteiger partial charge in [-0.1, -0.05) is 97.4 Å². The number of amides is 2. The zero-order valence-electron chi connectivity index (χ0n) is 20.8. The van der Waals surface area contributed by atoms with Gasteiger partial charge < -0.3 is 15.3 Å². The first-order valence-corrected chi connectivity index (χ1v) is 12.3. The van der Waals surface area contributed by atoms with Crippen molar-refractivity contribution in [2.75, 3.05) is 6.54 Å². The van der Waals surface area contributed by atoms with E-state index in [0.717, 1.165) is 11.1 Å². The molecule has 1 aliphatic rings. The lowest BCUT2D eigenvalue weighted by Crippen LogP contribution is -2.57. The van der Waals surface area contributed by atoms with Crippen LogP contribution in [0.2, 0.25) is 0 Å². The maximum Gasteiger partial charge on any atom is 0.330 e. The lowest BCUT2D eigenvalue weighted by atomic mass is 9.71. The quantitative estimate of drug-likeness (QED) is 0.428. The van der Waals surface area contributed by atoms with E-state index in [2.05, 4.69) is 5.32 Å². The molecule has 6 nitrogen and oxygen atoms in total. The number of urea groups is 1. The van der Waals surface area contributed by atoms with Gasteiger partial charge in [-0.3, -0.25) is 4.79 Å². The molecule has 0 radical (unpaired) electrons. The number of likely N-dealkylation sites (tertiary alicyclic amines) is 1. The highest BCUT2D eigenvalue weighted by Gasteiger charge is 2.64. The molecule has 1 aliphatic heterocycles. The number of carboxylic acid groups (broad SMARTS) is 1. The summed E-state index contributed by atoms with van der Waals surface area (Å²) in [6.07, 6.45) is 0.701. The average Bonchev–Trinajstić information content (AvgIpc) is 3.18. The summed E-state index contributed by atoms with van der Waals surface area (Å²) in [7, 11) is 0. The lowest BCUT2D eigenvalue weighted by Gasteiger charge is -2.37. The Morgan fingerprint density at radius 2 is 1.47 bits per heavy atom. The second-order valence-corrected chi connectivity index (χ2v) is 9.55. The van der Waals surface area contributed by atoms with Gasteiger partial charge in [0, 0.05) is 18.0 Å². The number of aliphatic carboxylic acids is 1. The van der Waals surface area contributed by atoms with Crippen LogP contribution < -0.4 is 5.32 Å². The fourth-order valence-corrected chi connectivity index (χ4v) is 5.42. The summed E-state index contributed by atoms with van der Waals surface area (Å²) in [6.45, 7) is 5.87. The SMILES string of the molecule is CCCNC(=O)N1C(c2ccc(C)cc2)C(C(=O)c2ccccc2)C(c2ccccc2)C1(C)C(=O)O. The van der Waals surface area contributed by atoms with Crippen molar-refractivity contribution in [1.29, 1.82) is 0 Å². The fourth-order valence-electron chi connectivity index (χ4n) is 5.42. The minimum Gasteiger partial charge on any atom is -0.479 e. The van der Waals surface area contributed by atoms with Gasteiger partial charge in [-0.2, -0.15) is 0 Å². The summed E-state index contributed by atoms with van der Waals surface area (Å²) in [5, 5.41) is 13.6. The van der Waals surface area contributed by atoms with Crippen molar-refractivity contribution in [3.05, 3.63) is 107 Å². The topological polar surface area (TPSA) is 86.7 Å². The molecule has 6 heteroatoms. The van der Waals surface area contributed by atoms with Crippen molar-refractivity contribution in [3.8, 4) is 0 Å². The zero-order valence-corrected chi connectivity index (χ0v) is 20.8. The highest BCUT2D eigenvalue weighted by Crippen LogP contribution is 2.56. The summed E-state index contributed by atoms with van der Waals surface area (Å²) in [5.41, 5.74) is 1.28. The van der Waals surface area contributed by atoms with Crippen LogP contribution in [0, 0.1) is 12.8 Å². The molecule has 0 aromatic heterocycles. The van der Waals surface area contributed by atoms with Crippen LogP contribution >= 0.6 is 0 Å². The monoisotopic (exact) mass is 484 g/mol. The summed E-state index contributed by atoms with van der Waals surface area (Å²) in [4.78, 5) is 42.4. The molecule has 2 N–H and O–H groups in total. The van der Waals surface area contributed by atoms with Crippen molar-refractivity contribution >= 4 is 17.8 Å². The van der Waals surface area contributed by atoms with E-state index in [-0.39, 0.29) is 5.78 Å². The highest BCUT2D eigenvalue weighted by molar-refractivity contribution is 6.02. The molecule has 2 amide bonds. The van der Waals surface area contributed by atoms with E-state index in [1.807, 2.05) is 74.5 Å². The fraction of sp³-hybridized carbons (Fsp3) is 0.300. The molecule has 1 saturated heterocycles. The number of carboxylic acids is 1. The smallest absolute Gasteiger partial charge is 0.330 e. The van der Waals surface area contributed by atoms with Gasteiger partial charge in [-0.05, 0) is 31.4 Å². The molecule has 1 fully saturated rings. The lowest BCUT2D eigenvalue weighted by molar-refractivity contribution is -0.148. The molecule has 36 heavy (non-hydrogen) atoms. The van der Waals surface area contributed by atoms with E-state index in [4.69, 9.17) is 0 Å². The Bertz CT molecular complexity index is 1230. The molecule has 0 spiro atoms. The third kappa shape index (κ3) is 4.39. The van der Waals surface area contributed by atoms with Crippen LogP contribution in [0.4, 0.5) is 4.79 Å². The Hall–Kier alpha value is -3.93. The molecule has 4 atom stereocenters. The number of hydrogen-bond donors (Lipinski definition) is 2. The number of benzene rings is 3. The molecule has 3 aromatic carbocycles. The van der Waals surface area contributed by atoms with Gasteiger partial charge in [0.2, 0.25) is 0 Å². The molecule has 0 saturated carbocycles. The second-order valence-electron chi connectivity index (χ2n) is 9.55. The molecule has 0 aliphatic carbocycles. The predicted octanol–water partition coefficient (Wildman–Crippen LogP) is 5.60. The van der Waals surface area contributed by atoms with Crippen LogP contribution in [-0.4, -0.2) is 39.9 Å². The molecular weight excluding hydrogens is 452 g/mol. The molecule has 4 rings (SSSR count). The number of nitrogens with one attached hydrogen (secondary N) is 1. The third-order valence-corrected chi connectivity index (χ3v) is 7.20. The molecule has 1 heterocycles. The Balaban J connectivity index is 2.01. The Kier molecular flexibility index (Phi) is 7.25. The number of ketones is 1. The van der Waals surface area contributed by atoms with Crippen molar-refractivity contribution in [3.63, 3.8) is 0 Å². The van der Waals surface area contributed by atoms with Crippen LogP contribution in [0.1, 0.15) is 59.3 Å². The van der Waals surface area contributed by atoms with Gasteiger partial charge in [-0.15, -0.1) is 0 Å². The Morgan fingerprint density at radius 3 is 2.03 bits per heavy atom. The van der Waals surface area contributed by atoms with Crippen molar-refractivity contribution < 1.29 is 19.5 Å². The number of carbonyl (C=O) groups excluding carboxylic acids is 2. The predicted molar refractivity (Wildman–Crippen MR) is 139 cm³/mol. The van der Waals surface area contributed by atoms with E-state index < -0.39 is 35.4 Å². The number of aryl methyl sites for hydroxylation is 1. The zero-order chi connectivity index (χ0) is 25.9. The van der Waals surface area contributed by atoms with E-state index >= 15 is 0 Å². The maximum atomic E-state index is 14.2. The third-order valence-electron chi connectivity index (χ3n) is 7.20. The summed E-state index contributed by atoms with van der Waals surface area (Å²) >= 11 is 0. The van der Waals surface area contributed by atoms with Gasteiger partial charge in [0.05, 0.1) is 12.0 Å². The van der Waals surface area contributed by atoms with Crippen LogP contribution in [0.15, 0.2) is 84.9 Å². The van der Waals surface area contributed by atoms with Crippen LogP contribution in [-0.2, 0) is 4.79 Å². The molecule has 4 unspecified atom stereocenters. The van der Waals surface area contributed by atoms with E-state index in [1.165, 1.54) is 4.90 Å². The van der Waals surface area contributed by atoms with Crippen LogP contribution in [0.3, 0.4) is 0 Å². The largest absolute Gasteiger partial charge is 0.479 e. The summed E-state index contributed by atoms with van der Waals surface area (Å²) in [6, 6.07) is 24.5. The molecule has 186 valence electrons. The first-order valence-electron chi connectivity index (χ1n) is 12.3. The van der Waals surface area contributed by atoms with Crippen molar-refractivity contribution in [1.82, 2.24) is 10.2 Å². The molecular formula is C30H32N2O4. The minimum atomic E-state index is -1.68. The number of hydrogen-bond acceptors (Lipinski definition) is 3. The number of rotatable bonds is 7. The summed E-state index contributed by atoms with van der Waals surface area (Å²) < 4.78 is 0. The Labute approximate surface area is 212 Å². The molecule has 3 aromatic rings. The van der Waals surface area contributed by atoms with E-state index in [9.17, 15) is 19.5 Å². The summed E-state index contributed by atoms with van der Waals surface area (Å²) in [5.74, 6) is -2.93. The number of carbonyl (C=O) groups is 3. The maximum absolute atomic E-state index is 14.2. The van der Waals surface area contributed by atoms with Gasteiger partial charge >= 0.3 is 12.0 Å². The second kappa shape index (κ2) is 10.4. The average molecular weight is 485 g/mol. The number of nitrogens with zero attached hydrogens (tertiary/aromatic N) is 1. The Morgan fingerprint density at radius 1 is 0.889 bits per heavy atom. The van der Waals surface area contributed by atoms with Gasteiger partial charge in [-0.25, -0.2) is 9.59 Å². The standard InChI is InChI=1S/C30H32N2O4/c1-4-19-31-29(36)32-26(22-17-15-20(2)16-18-22)24(27(33)23-13-9-6-10-14-23)25(30(32,3)28(34)35)21-11-7-5-8-12-21/h5-18,24-26H,4,19H2,1-3H3,(H,31,36)(H,34,35). The van der Waals surface area contributed by atoms with E-state index in [1.54, 1.807) is 31.2 Å². The number of Topliss-reactive ketones (excluding diaryl/α,β-unsaturated/α-hetero) is 1. The van der Waals surface area contributed by atoms with Crippen molar-refractivity contribution in [2.24, 2.45) is 5.92 Å². The first kappa shape index (κ1) is 25.2. The van der Waals surface area contributed by atoms with Crippen LogP contribution in [0.5, 0.6) is 0 Å². The first-order chi connectivity index (χ1) is 17.3. The van der Waals surface area contributed by atoms with Gasteiger partial charge in [0.25, 0.3) is 0 Å². The molecule has 0 bridgehead atoms. The van der Waals surface area contributed by atoms with Crippen molar-refractivity contribution in [2.45, 2.75) is 44.7 Å². The van der Waals surface area contributed by atoms with Crippen LogP contribution in [0.25, 0.3) is 0 Å². The van der Waals surface area contributed by atoms with Gasteiger partial charge in [0.15, 0.2) is 5.78 Å². The normalized spacial score (nSPS) is 23.3.